The number of hydrogen-bond acceptors (Lipinski definition) is 4. The van der Waals surface area contributed by atoms with Crippen molar-refractivity contribution in [3.05, 3.63) is 0 Å². The molecule has 1 fully saturated rings. The van der Waals surface area contributed by atoms with Gasteiger partial charge in [-0.2, -0.15) is 0 Å². The van der Waals surface area contributed by atoms with Gasteiger partial charge in [0.25, 0.3) is 0 Å². The van der Waals surface area contributed by atoms with Crippen molar-refractivity contribution in [3.63, 3.8) is 0 Å². The Morgan fingerprint density at radius 2 is 2.25 bits per heavy atom. The van der Waals surface area contributed by atoms with Gasteiger partial charge in [-0.15, -0.1) is 0 Å². The standard InChI is InChI=1S/C9H16N4O3/c10-6(3-7(11)14)9(16)13-5-1-2-8(15)12-4-5/h5-6H,1-4,10H2,(H2,11,14)(H,12,15)(H,13,16). The van der Waals surface area contributed by atoms with Crippen molar-refractivity contribution in [2.45, 2.75) is 31.3 Å². The first kappa shape index (κ1) is 12.4. The average Bonchev–Trinajstić information content (AvgIpc) is 2.20. The predicted octanol–water partition coefficient (Wildman–Crippen LogP) is -2.42. The molecule has 0 radical (unpaired) electrons. The van der Waals surface area contributed by atoms with Crippen LogP contribution in [0.5, 0.6) is 0 Å². The van der Waals surface area contributed by atoms with Crippen LogP contribution in [0.15, 0.2) is 0 Å². The van der Waals surface area contributed by atoms with Crippen molar-refractivity contribution < 1.29 is 14.4 Å². The first-order valence-corrected chi connectivity index (χ1v) is 5.10. The number of nitrogens with two attached hydrogens (primary N) is 2. The van der Waals surface area contributed by atoms with Gasteiger partial charge in [-0.1, -0.05) is 0 Å². The van der Waals surface area contributed by atoms with E-state index in [1.807, 2.05) is 0 Å². The maximum Gasteiger partial charge on any atom is 0.237 e. The number of rotatable bonds is 4. The predicted molar refractivity (Wildman–Crippen MR) is 56.0 cm³/mol. The van der Waals surface area contributed by atoms with Gasteiger partial charge in [-0.3, -0.25) is 14.4 Å². The van der Waals surface area contributed by atoms with Gasteiger partial charge >= 0.3 is 0 Å². The highest BCUT2D eigenvalue weighted by Gasteiger charge is 2.23. The fourth-order valence-electron chi connectivity index (χ4n) is 1.47. The summed E-state index contributed by atoms with van der Waals surface area (Å²) in [6, 6.07) is -1.04. The lowest BCUT2D eigenvalue weighted by molar-refractivity contribution is -0.128. The molecule has 3 amide bonds. The maximum absolute atomic E-state index is 11.5. The second kappa shape index (κ2) is 5.45. The zero-order valence-electron chi connectivity index (χ0n) is 8.86. The van der Waals surface area contributed by atoms with E-state index in [1.54, 1.807) is 0 Å². The molecule has 6 N–H and O–H groups in total. The second-order valence-corrected chi connectivity index (χ2v) is 3.83. The molecule has 7 nitrogen and oxygen atoms in total. The Morgan fingerprint density at radius 1 is 1.56 bits per heavy atom. The van der Waals surface area contributed by atoms with Crippen LogP contribution in [0.2, 0.25) is 0 Å². The Kier molecular flexibility index (Phi) is 4.24. The van der Waals surface area contributed by atoms with E-state index in [0.717, 1.165) is 0 Å². The number of hydrogen-bond donors (Lipinski definition) is 4. The van der Waals surface area contributed by atoms with Crippen LogP contribution in [0, 0.1) is 0 Å². The molecule has 16 heavy (non-hydrogen) atoms. The third kappa shape index (κ3) is 3.85. The van der Waals surface area contributed by atoms with Crippen molar-refractivity contribution in [1.29, 1.82) is 0 Å². The summed E-state index contributed by atoms with van der Waals surface area (Å²) in [7, 11) is 0. The molecule has 1 saturated heterocycles. The van der Waals surface area contributed by atoms with E-state index in [0.29, 0.717) is 19.4 Å². The van der Waals surface area contributed by atoms with Crippen molar-refractivity contribution in [1.82, 2.24) is 10.6 Å². The molecular weight excluding hydrogens is 212 g/mol. The number of piperidine rings is 1. The van der Waals surface area contributed by atoms with Gasteiger partial charge in [-0.25, -0.2) is 0 Å². The molecule has 7 heteroatoms. The summed E-state index contributed by atoms with van der Waals surface area (Å²) in [5.41, 5.74) is 10.4. The molecule has 0 aromatic heterocycles. The summed E-state index contributed by atoms with van der Waals surface area (Å²) >= 11 is 0. The molecule has 2 unspecified atom stereocenters. The van der Waals surface area contributed by atoms with E-state index in [4.69, 9.17) is 11.5 Å². The first-order chi connectivity index (χ1) is 7.49. The molecule has 1 rings (SSSR count). The Balaban J connectivity index is 2.33. The minimum absolute atomic E-state index is 0.0214. The second-order valence-electron chi connectivity index (χ2n) is 3.83. The number of primary amides is 1. The minimum atomic E-state index is -0.921. The summed E-state index contributed by atoms with van der Waals surface area (Å²) in [6.45, 7) is 0.397. The largest absolute Gasteiger partial charge is 0.370 e. The quantitative estimate of drug-likeness (QED) is 0.427. The monoisotopic (exact) mass is 228 g/mol. The van der Waals surface area contributed by atoms with Crippen LogP contribution in [-0.2, 0) is 14.4 Å². The molecule has 90 valence electrons. The molecule has 1 heterocycles. The van der Waals surface area contributed by atoms with Gasteiger partial charge in [-0.05, 0) is 6.42 Å². The highest BCUT2D eigenvalue weighted by atomic mass is 16.2. The Bertz CT molecular complexity index is 295. The molecule has 0 aromatic rings. The van der Waals surface area contributed by atoms with Crippen LogP contribution >= 0.6 is 0 Å². The lowest BCUT2D eigenvalue weighted by Crippen LogP contribution is -2.52. The highest BCUT2D eigenvalue weighted by molar-refractivity contribution is 5.87. The van der Waals surface area contributed by atoms with Crippen molar-refractivity contribution >= 4 is 17.7 Å². The smallest absolute Gasteiger partial charge is 0.237 e. The molecule has 2 atom stereocenters. The van der Waals surface area contributed by atoms with E-state index in [-0.39, 0.29) is 18.4 Å². The molecular formula is C9H16N4O3. The summed E-state index contributed by atoms with van der Waals surface area (Å²) in [4.78, 5) is 32.9. The first-order valence-electron chi connectivity index (χ1n) is 5.10. The molecule has 0 spiro atoms. The lowest BCUT2D eigenvalue weighted by Gasteiger charge is -2.24. The fraction of sp³-hybridized carbons (Fsp3) is 0.667. The van der Waals surface area contributed by atoms with E-state index >= 15 is 0 Å². The van der Waals surface area contributed by atoms with Crippen molar-refractivity contribution in [2.24, 2.45) is 11.5 Å². The third-order valence-corrected chi connectivity index (χ3v) is 2.37. The van der Waals surface area contributed by atoms with Crippen LogP contribution in [0.1, 0.15) is 19.3 Å². The van der Waals surface area contributed by atoms with Crippen molar-refractivity contribution in [2.75, 3.05) is 6.54 Å². The van der Waals surface area contributed by atoms with Crippen LogP contribution < -0.4 is 22.1 Å². The van der Waals surface area contributed by atoms with Gasteiger partial charge in [0.15, 0.2) is 0 Å². The zero-order valence-corrected chi connectivity index (χ0v) is 8.86. The SMILES string of the molecule is NC(=O)CC(N)C(=O)NC1CCC(=O)NC1. The van der Waals surface area contributed by atoms with Gasteiger partial charge < -0.3 is 22.1 Å². The van der Waals surface area contributed by atoms with Gasteiger partial charge in [0, 0.05) is 19.0 Å². The molecule has 1 aliphatic rings. The number of amides is 3. The third-order valence-electron chi connectivity index (χ3n) is 2.37. The lowest BCUT2D eigenvalue weighted by atomic mass is 10.1. The zero-order chi connectivity index (χ0) is 12.1. The average molecular weight is 228 g/mol. The number of carbonyl (C=O) groups is 3. The summed E-state index contributed by atoms with van der Waals surface area (Å²) in [5.74, 6) is -1.05. The van der Waals surface area contributed by atoms with Gasteiger partial charge in [0.2, 0.25) is 17.7 Å². The Labute approximate surface area is 92.9 Å². The maximum atomic E-state index is 11.5. The van der Waals surface area contributed by atoms with E-state index in [9.17, 15) is 14.4 Å². The number of carbonyl (C=O) groups excluding carboxylic acids is 3. The van der Waals surface area contributed by atoms with Crippen LogP contribution in [0.4, 0.5) is 0 Å². The fourth-order valence-corrected chi connectivity index (χ4v) is 1.47. The van der Waals surface area contributed by atoms with Crippen LogP contribution in [0.25, 0.3) is 0 Å². The summed E-state index contributed by atoms with van der Waals surface area (Å²) in [6.07, 6.45) is 0.793. The normalized spacial score (nSPS) is 22.1. The van der Waals surface area contributed by atoms with Gasteiger partial charge in [0.1, 0.15) is 0 Å². The molecule has 0 aliphatic carbocycles. The summed E-state index contributed by atoms with van der Waals surface area (Å²) < 4.78 is 0. The van der Waals surface area contributed by atoms with E-state index < -0.39 is 17.9 Å². The van der Waals surface area contributed by atoms with Crippen LogP contribution in [0.3, 0.4) is 0 Å². The number of nitrogens with one attached hydrogen (secondary N) is 2. The molecule has 0 saturated carbocycles. The summed E-state index contributed by atoms with van der Waals surface area (Å²) in [5, 5.41) is 5.29. The van der Waals surface area contributed by atoms with Gasteiger partial charge in [0.05, 0.1) is 12.5 Å². The highest BCUT2D eigenvalue weighted by Crippen LogP contribution is 2.03. The Morgan fingerprint density at radius 3 is 2.75 bits per heavy atom. The van der Waals surface area contributed by atoms with Crippen molar-refractivity contribution in [3.8, 4) is 0 Å². The molecule has 0 bridgehead atoms. The molecule has 1 aliphatic heterocycles. The van der Waals surface area contributed by atoms with Crippen LogP contribution in [-0.4, -0.2) is 36.3 Å². The van der Waals surface area contributed by atoms with E-state index in [2.05, 4.69) is 10.6 Å². The molecule has 0 aromatic carbocycles. The van der Waals surface area contributed by atoms with E-state index in [1.165, 1.54) is 0 Å². The Hall–Kier alpha value is -1.63. The minimum Gasteiger partial charge on any atom is -0.370 e. The topological polar surface area (TPSA) is 127 Å².